The minimum Gasteiger partial charge on any atom is -0.385 e. The average Bonchev–Trinajstić information content (AvgIpc) is 2.02. The van der Waals surface area contributed by atoms with Crippen molar-refractivity contribution in [1.29, 1.82) is 0 Å². The lowest BCUT2D eigenvalue weighted by molar-refractivity contribution is -0.130. The van der Waals surface area contributed by atoms with Crippen molar-refractivity contribution < 1.29 is 9.90 Å². The number of hydrogen-bond donors (Lipinski definition) is 2. The molecule has 3 nitrogen and oxygen atoms in total. The molecule has 0 aliphatic heterocycles. The molecule has 0 amide bonds. The van der Waals surface area contributed by atoms with E-state index in [1.165, 1.54) is 0 Å². The first-order valence-corrected chi connectivity index (χ1v) is 4.05. The van der Waals surface area contributed by atoms with Crippen molar-refractivity contribution in [1.82, 2.24) is 0 Å². The predicted molar refractivity (Wildman–Crippen MR) is 44.1 cm³/mol. The van der Waals surface area contributed by atoms with Crippen LogP contribution in [0.3, 0.4) is 0 Å². The highest BCUT2D eigenvalue weighted by Crippen LogP contribution is 2.06. The van der Waals surface area contributed by atoms with E-state index in [1.54, 1.807) is 0 Å². The third-order valence-corrected chi connectivity index (χ3v) is 1.87. The summed E-state index contributed by atoms with van der Waals surface area (Å²) in [5, 5.41) is 9.19. The third-order valence-electron chi connectivity index (χ3n) is 1.87. The van der Waals surface area contributed by atoms with Gasteiger partial charge in [0.15, 0.2) is 5.78 Å². The minimum atomic E-state index is -0.852. The molecule has 0 saturated carbocycles. The molecule has 0 heterocycles. The first-order valence-electron chi connectivity index (χ1n) is 4.05. The van der Waals surface area contributed by atoms with Gasteiger partial charge in [0.05, 0.1) is 0 Å². The van der Waals surface area contributed by atoms with Gasteiger partial charge >= 0.3 is 0 Å². The lowest BCUT2D eigenvalue weighted by Crippen LogP contribution is -2.28. The molecule has 11 heavy (non-hydrogen) atoms. The van der Waals surface area contributed by atoms with Gasteiger partial charge in [-0.25, -0.2) is 0 Å². The topological polar surface area (TPSA) is 63.3 Å². The first kappa shape index (κ1) is 10.6. The predicted octanol–water partition coefficient (Wildman–Crippen LogP) is 0.311. The summed E-state index contributed by atoms with van der Waals surface area (Å²) in [6.45, 7) is 4.11. The monoisotopic (exact) mass is 159 g/mol. The summed E-state index contributed by atoms with van der Waals surface area (Å²) >= 11 is 0. The molecule has 0 aliphatic rings. The van der Waals surface area contributed by atoms with Gasteiger partial charge in [-0.2, -0.15) is 0 Å². The first-order chi connectivity index (χ1) is 5.13. The zero-order valence-electron chi connectivity index (χ0n) is 7.21. The third kappa shape index (κ3) is 3.49. The van der Waals surface area contributed by atoms with Crippen LogP contribution in [0.5, 0.6) is 0 Å². The molecule has 0 radical (unpaired) electrons. The normalized spacial score (nSPS) is 16.0. The van der Waals surface area contributed by atoms with Gasteiger partial charge in [-0.3, -0.25) is 4.79 Å². The van der Waals surface area contributed by atoms with Crippen molar-refractivity contribution in [3.63, 3.8) is 0 Å². The second-order valence-electron chi connectivity index (χ2n) is 2.80. The molecule has 0 fully saturated rings. The molecule has 66 valence electrons. The molecule has 0 bridgehead atoms. The second-order valence-corrected chi connectivity index (χ2v) is 2.80. The Balaban J connectivity index is 3.81. The van der Waals surface area contributed by atoms with Crippen LogP contribution in [0, 0.1) is 5.92 Å². The Labute approximate surface area is 67.6 Å². The zero-order chi connectivity index (χ0) is 8.85. The molecule has 0 spiro atoms. The maximum absolute atomic E-state index is 11.2. The van der Waals surface area contributed by atoms with Crippen molar-refractivity contribution in [3.05, 3.63) is 0 Å². The Morgan fingerprint density at radius 1 is 1.64 bits per heavy atom. The van der Waals surface area contributed by atoms with Gasteiger partial charge in [0.2, 0.25) is 0 Å². The fourth-order valence-corrected chi connectivity index (χ4v) is 0.830. The molecule has 0 rings (SSSR count). The van der Waals surface area contributed by atoms with Crippen LogP contribution in [-0.2, 0) is 4.79 Å². The van der Waals surface area contributed by atoms with E-state index in [2.05, 4.69) is 0 Å². The van der Waals surface area contributed by atoms with Gasteiger partial charge in [-0.15, -0.1) is 0 Å². The van der Waals surface area contributed by atoms with Crippen LogP contribution >= 0.6 is 0 Å². The summed E-state index contributed by atoms with van der Waals surface area (Å²) in [6.07, 6.45) is 0.304. The van der Waals surface area contributed by atoms with Gasteiger partial charge in [-0.05, 0) is 19.4 Å². The van der Waals surface area contributed by atoms with Crippen molar-refractivity contribution in [2.75, 3.05) is 6.54 Å². The standard InChI is InChI=1S/C8H17NO2/c1-3-6(2)8(11)7(10)4-5-9/h6-7,10H,3-5,9H2,1-2H3. The summed E-state index contributed by atoms with van der Waals surface area (Å²) in [6, 6.07) is 0. The van der Waals surface area contributed by atoms with E-state index in [0.29, 0.717) is 13.0 Å². The molecule has 0 saturated heterocycles. The van der Waals surface area contributed by atoms with Crippen molar-refractivity contribution in [3.8, 4) is 0 Å². The highest BCUT2D eigenvalue weighted by atomic mass is 16.3. The number of aliphatic hydroxyl groups excluding tert-OH is 1. The number of hydrogen-bond acceptors (Lipinski definition) is 3. The lowest BCUT2D eigenvalue weighted by Gasteiger charge is -2.12. The number of rotatable bonds is 5. The number of Topliss-reactive ketones (excluding diaryl/α,β-unsaturated/α-hetero) is 1. The van der Waals surface area contributed by atoms with Crippen LogP contribution in [0.2, 0.25) is 0 Å². The van der Waals surface area contributed by atoms with Gasteiger partial charge < -0.3 is 10.8 Å². The Morgan fingerprint density at radius 2 is 2.18 bits per heavy atom. The molecule has 0 aromatic rings. The number of carbonyl (C=O) groups is 1. The summed E-state index contributed by atoms with van der Waals surface area (Å²) in [5.41, 5.74) is 5.20. The molecule has 0 aromatic heterocycles. The maximum atomic E-state index is 11.2. The second kappa shape index (κ2) is 5.27. The van der Waals surface area contributed by atoms with Crippen LogP contribution in [0.1, 0.15) is 26.7 Å². The Morgan fingerprint density at radius 3 is 2.55 bits per heavy atom. The van der Waals surface area contributed by atoms with E-state index in [4.69, 9.17) is 5.73 Å². The Hall–Kier alpha value is -0.410. The van der Waals surface area contributed by atoms with E-state index in [0.717, 1.165) is 6.42 Å². The number of carbonyl (C=O) groups excluding carboxylic acids is 1. The van der Waals surface area contributed by atoms with E-state index in [9.17, 15) is 9.90 Å². The highest BCUT2D eigenvalue weighted by molar-refractivity contribution is 5.84. The fraction of sp³-hybridized carbons (Fsp3) is 0.875. The highest BCUT2D eigenvalue weighted by Gasteiger charge is 2.18. The summed E-state index contributed by atoms with van der Waals surface area (Å²) in [7, 11) is 0. The Kier molecular flexibility index (Phi) is 5.07. The van der Waals surface area contributed by atoms with Crippen molar-refractivity contribution >= 4 is 5.78 Å². The largest absolute Gasteiger partial charge is 0.385 e. The molecule has 2 atom stereocenters. The number of ketones is 1. The number of nitrogens with two attached hydrogens (primary N) is 1. The molecule has 3 N–H and O–H groups in total. The van der Waals surface area contributed by atoms with Crippen LogP contribution in [0.25, 0.3) is 0 Å². The molecule has 3 heteroatoms. The Bertz CT molecular complexity index is 125. The summed E-state index contributed by atoms with van der Waals surface area (Å²) in [4.78, 5) is 11.2. The lowest BCUT2D eigenvalue weighted by atomic mass is 9.98. The van der Waals surface area contributed by atoms with E-state index in [-0.39, 0.29) is 11.7 Å². The molecule has 0 aromatic carbocycles. The van der Waals surface area contributed by atoms with Crippen molar-refractivity contribution in [2.24, 2.45) is 11.7 Å². The summed E-state index contributed by atoms with van der Waals surface area (Å²) < 4.78 is 0. The van der Waals surface area contributed by atoms with Gasteiger partial charge in [-0.1, -0.05) is 13.8 Å². The SMILES string of the molecule is CCC(C)C(=O)C(O)CCN. The smallest absolute Gasteiger partial charge is 0.164 e. The van der Waals surface area contributed by atoms with Crippen LogP contribution in [-0.4, -0.2) is 23.5 Å². The van der Waals surface area contributed by atoms with Gasteiger partial charge in [0.25, 0.3) is 0 Å². The zero-order valence-corrected chi connectivity index (χ0v) is 7.21. The molecule has 2 unspecified atom stereocenters. The molecular weight excluding hydrogens is 142 g/mol. The van der Waals surface area contributed by atoms with Crippen LogP contribution < -0.4 is 5.73 Å². The minimum absolute atomic E-state index is 0.0449. The van der Waals surface area contributed by atoms with E-state index in [1.807, 2.05) is 13.8 Å². The average molecular weight is 159 g/mol. The van der Waals surface area contributed by atoms with Gasteiger partial charge in [0.1, 0.15) is 6.10 Å². The molecular formula is C8H17NO2. The van der Waals surface area contributed by atoms with Crippen LogP contribution in [0.4, 0.5) is 0 Å². The fourth-order valence-electron chi connectivity index (χ4n) is 0.830. The van der Waals surface area contributed by atoms with E-state index < -0.39 is 6.10 Å². The van der Waals surface area contributed by atoms with E-state index >= 15 is 0 Å². The summed E-state index contributed by atoms with van der Waals surface area (Å²) in [5.74, 6) is -0.130. The maximum Gasteiger partial charge on any atom is 0.164 e. The quantitative estimate of drug-likeness (QED) is 0.607. The van der Waals surface area contributed by atoms with Gasteiger partial charge in [0, 0.05) is 5.92 Å². The number of aliphatic hydroxyl groups is 1. The van der Waals surface area contributed by atoms with Crippen molar-refractivity contribution in [2.45, 2.75) is 32.8 Å². The molecule has 0 aliphatic carbocycles. The van der Waals surface area contributed by atoms with Crippen LogP contribution in [0.15, 0.2) is 0 Å².